The van der Waals surface area contributed by atoms with Gasteiger partial charge in [0.25, 0.3) is 5.91 Å². The maximum Gasteiger partial charge on any atom is 0.276 e. The molecule has 1 N–H and O–H groups in total. The highest BCUT2D eigenvalue weighted by Crippen LogP contribution is 2.25. The molecule has 0 aliphatic rings. The van der Waals surface area contributed by atoms with Crippen molar-refractivity contribution in [3.8, 4) is 0 Å². The zero-order valence-corrected chi connectivity index (χ0v) is 16.3. The molecule has 0 spiro atoms. The van der Waals surface area contributed by atoms with Crippen LogP contribution in [-0.4, -0.2) is 15.7 Å². The number of halogens is 4. The van der Waals surface area contributed by atoms with Crippen LogP contribution in [0, 0.1) is 11.6 Å². The number of aromatic nitrogens is 2. The van der Waals surface area contributed by atoms with Crippen molar-refractivity contribution < 1.29 is 13.6 Å². The quantitative estimate of drug-likeness (QED) is 0.435. The topological polar surface area (TPSA) is 46.9 Å². The molecule has 4 aromatic rings. The predicted molar refractivity (Wildman–Crippen MR) is 110 cm³/mol. The summed E-state index contributed by atoms with van der Waals surface area (Å²) in [5.74, 6) is -2.20. The largest absolute Gasteiger partial charge is 0.318 e. The van der Waals surface area contributed by atoms with E-state index in [1.165, 1.54) is 0 Å². The van der Waals surface area contributed by atoms with Crippen LogP contribution in [0.25, 0.3) is 10.9 Å². The average molecular weight is 432 g/mol. The van der Waals surface area contributed by atoms with E-state index in [1.807, 2.05) is 12.1 Å². The number of hydrogen-bond acceptors (Lipinski definition) is 2. The second-order valence-electron chi connectivity index (χ2n) is 6.34. The van der Waals surface area contributed by atoms with Crippen molar-refractivity contribution in [2.24, 2.45) is 0 Å². The first kappa shape index (κ1) is 19.4. The minimum Gasteiger partial charge on any atom is -0.318 e. The Labute approximate surface area is 174 Å². The molecule has 0 saturated carbocycles. The van der Waals surface area contributed by atoms with Gasteiger partial charge in [0, 0.05) is 21.5 Å². The summed E-state index contributed by atoms with van der Waals surface area (Å²) in [5.41, 5.74) is 1.48. The van der Waals surface area contributed by atoms with Crippen molar-refractivity contribution in [2.45, 2.75) is 6.54 Å². The molecule has 0 atom stereocenters. The van der Waals surface area contributed by atoms with E-state index in [9.17, 15) is 13.6 Å². The number of carbonyl (C=O) groups is 1. The van der Waals surface area contributed by atoms with E-state index in [0.717, 1.165) is 17.7 Å². The fourth-order valence-electron chi connectivity index (χ4n) is 3.00. The van der Waals surface area contributed by atoms with E-state index in [4.69, 9.17) is 23.2 Å². The third-order valence-electron chi connectivity index (χ3n) is 4.39. The molecule has 1 aromatic heterocycles. The fraction of sp³-hybridized carbons (Fsp3) is 0.0476. The molecular formula is C21H13Cl2F2N3O. The lowest BCUT2D eigenvalue weighted by Crippen LogP contribution is -2.15. The standard InChI is InChI=1S/C21H13Cl2F2N3O/c22-13-6-5-12(16(23)9-13)11-28-19-4-2-1-3-15(19)20(27-28)21(29)26-18-8-7-14(24)10-17(18)25/h1-10H,11H2,(H,26,29). The van der Waals surface area contributed by atoms with Crippen molar-refractivity contribution in [2.75, 3.05) is 5.32 Å². The Hall–Kier alpha value is -2.96. The minimum absolute atomic E-state index is 0.120. The zero-order chi connectivity index (χ0) is 20.5. The molecule has 0 aliphatic carbocycles. The van der Waals surface area contributed by atoms with Crippen LogP contribution in [-0.2, 0) is 6.54 Å². The molecule has 0 fully saturated rings. The highest BCUT2D eigenvalue weighted by molar-refractivity contribution is 6.35. The van der Waals surface area contributed by atoms with Gasteiger partial charge in [0.15, 0.2) is 5.69 Å². The summed E-state index contributed by atoms with van der Waals surface area (Å²) >= 11 is 12.2. The number of nitrogens with zero attached hydrogens (tertiary/aromatic N) is 2. The Morgan fingerprint density at radius 3 is 2.59 bits per heavy atom. The lowest BCUT2D eigenvalue weighted by molar-refractivity contribution is 0.102. The highest BCUT2D eigenvalue weighted by atomic mass is 35.5. The molecule has 0 aliphatic heterocycles. The van der Waals surface area contributed by atoms with Crippen LogP contribution in [0.15, 0.2) is 60.7 Å². The predicted octanol–water partition coefficient (Wildman–Crippen LogP) is 5.92. The van der Waals surface area contributed by atoms with Crippen LogP contribution in [0.5, 0.6) is 0 Å². The number of anilines is 1. The van der Waals surface area contributed by atoms with Gasteiger partial charge in [0.2, 0.25) is 0 Å². The molecular weight excluding hydrogens is 419 g/mol. The number of hydrogen-bond donors (Lipinski definition) is 1. The molecule has 1 amide bonds. The van der Waals surface area contributed by atoms with E-state index in [1.54, 1.807) is 35.0 Å². The van der Waals surface area contributed by atoms with Gasteiger partial charge in [0.05, 0.1) is 17.7 Å². The van der Waals surface area contributed by atoms with Crippen LogP contribution in [0.1, 0.15) is 16.1 Å². The van der Waals surface area contributed by atoms with Crippen molar-refractivity contribution in [3.05, 3.63) is 93.6 Å². The van der Waals surface area contributed by atoms with Crippen LogP contribution >= 0.6 is 23.2 Å². The van der Waals surface area contributed by atoms with Gasteiger partial charge >= 0.3 is 0 Å². The van der Waals surface area contributed by atoms with E-state index in [-0.39, 0.29) is 11.4 Å². The summed E-state index contributed by atoms with van der Waals surface area (Å²) in [7, 11) is 0. The monoisotopic (exact) mass is 431 g/mol. The first-order chi connectivity index (χ1) is 13.9. The highest BCUT2D eigenvalue weighted by Gasteiger charge is 2.19. The first-order valence-electron chi connectivity index (χ1n) is 8.58. The molecule has 1 heterocycles. The van der Waals surface area contributed by atoms with Gasteiger partial charge in [-0.1, -0.05) is 47.5 Å². The van der Waals surface area contributed by atoms with Gasteiger partial charge in [0.1, 0.15) is 11.6 Å². The Balaban J connectivity index is 1.71. The summed E-state index contributed by atoms with van der Waals surface area (Å²) in [5, 5.41) is 8.45. The molecule has 0 unspecified atom stereocenters. The minimum atomic E-state index is -0.866. The number of amides is 1. The van der Waals surface area contributed by atoms with Gasteiger partial charge < -0.3 is 5.32 Å². The van der Waals surface area contributed by atoms with E-state index in [2.05, 4.69) is 10.4 Å². The smallest absolute Gasteiger partial charge is 0.276 e. The molecule has 29 heavy (non-hydrogen) atoms. The third kappa shape index (κ3) is 3.95. The maximum absolute atomic E-state index is 13.9. The number of rotatable bonds is 4. The number of benzene rings is 3. The summed E-state index contributed by atoms with van der Waals surface area (Å²) < 4.78 is 28.6. The molecule has 4 rings (SSSR count). The Bertz CT molecular complexity index is 1240. The van der Waals surface area contributed by atoms with Gasteiger partial charge in [-0.05, 0) is 35.9 Å². The lowest BCUT2D eigenvalue weighted by atomic mass is 10.2. The first-order valence-corrected chi connectivity index (χ1v) is 9.34. The summed E-state index contributed by atoms with van der Waals surface area (Å²) in [6, 6.07) is 15.2. The molecule has 3 aromatic carbocycles. The van der Waals surface area contributed by atoms with Crippen molar-refractivity contribution in [1.82, 2.24) is 9.78 Å². The van der Waals surface area contributed by atoms with Crippen LogP contribution in [0.4, 0.5) is 14.5 Å². The van der Waals surface area contributed by atoms with E-state index in [0.29, 0.717) is 33.6 Å². The molecule has 8 heteroatoms. The Morgan fingerprint density at radius 2 is 1.83 bits per heavy atom. The second kappa shape index (κ2) is 7.81. The Kier molecular flexibility index (Phi) is 5.22. The van der Waals surface area contributed by atoms with E-state index < -0.39 is 17.5 Å². The molecule has 4 nitrogen and oxygen atoms in total. The number of nitrogens with one attached hydrogen (secondary N) is 1. The van der Waals surface area contributed by atoms with Gasteiger partial charge in [-0.2, -0.15) is 5.10 Å². The lowest BCUT2D eigenvalue weighted by Gasteiger charge is -2.06. The fourth-order valence-corrected chi connectivity index (χ4v) is 3.47. The van der Waals surface area contributed by atoms with Crippen LogP contribution < -0.4 is 5.32 Å². The van der Waals surface area contributed by atoms with Gasteiger partial charge in [-0.3, -0.25) is 9.48 Å². The SMILES string of the molecule is O=C(Nc1ccc(F)cc1F)c1nn(Cc2ccc(Cl)cc2Cl)c2ccccc12. The molecule has 146 valence electrons. The average Bonchev–Trinajstić information content (AvgIpc) is 3.05. The van der Waals surface area contributed by atoms with Crippen LogP contribution in [0.3, 0.4) is 0 Å². The summed E-state index contributed by atoms with van der Waals surface area (Å²) in [6.07, 6.45) is 0. The summed E-state index contributed by atoms with van der Waals surface area (Å²) in [6.45, 7) is 0.314. The number of fused-ring (bicyclic) bond motifs is 1. The van der Waals surface area contributed by atoms with Gasteiger partial charge in [-0.15, -0.1) is 0 Å². The van der Waals surface area contributed by atoms with Crippen molar-refractivity contribution in [1.29, 1.82) is 0 Å². The van der Waals surface area contributed by atoms with E-state index >= 15 is 0 Å². The number of para-hydroxylation sites is 1. The summed E-state index contributed by atoms with van der Waals surface area (Å²) in [4.78, 5) is 12.8. The molecule has 0 radical (unpaired) electrons. The normalized spacial score (nSPS) is 11.0. The van der Waals surface area contributed by atoms with Crippen molar-refractivity contribution in [3.63, 3.8) is 0 Å². The molecule has 0 bridgehead atoms. The zero-order valence-electron chi connectivity index (χ0n) is 14.8. The van der Waals surface area contributed by atoms with Gasteiger partial charge in [-0.25, -0.2) is 8.78 Å². The maximum atomic E-state index is 13.9. The van der Waals surface area contributed by atoms with Crippen LogP contribution in [0.2, 0.25) is 10.0 Å². The second-order valence-corrected chi connectivity index (χ2v) is 7.18. The third-order valence-corrected chi connectivity index (χ3v) is 4.97. The molecule has 0 saturated heterocycles. The van der Waals surface area contributed by atoms with Crippen molar-refractivity contribution >= 4 is 45.7 Å². The number of carbonyl (C=O) groups excluding carboxylic acids is 1. The Morgan fingerprint density at radius 1 is 1.03 bits per heavy atom.